The van der Waals surface area contributed by atoms with Gasteiger partial charge in [0, 0.05) is 6.20 Å². The molecule has 1 aromatic heterocycles. The summed E-state index contributed by atoms with van der Waals surface area (Å²) in [6, 6.07) is 1.33. The number of aromatic carboxylic acids is 1. The van der Waals surface area contributed by atoms with Gasteiger partial charge in [-0.15, -0.1) is 0 Å². The molecule has 0 unspecified atom stereocenters. The van der Waals surface area contributed by atoms with Gasteiger partial charge in [0.05, 0.1) is 21.8 Å². The summed E-state index contributed by atoms with van der Waals surface area (Å²) in [5.74, 6) is -1.23. The van der Waals surface area contributed by atoms with E-state index in [2.05, 4.69) is 10.2 Å². The summed E-state index contributed by atoms with van der Waals surface area (Å²) in [6.45, 7) is 0. The second-order valence-electron chi connectivity index (χ2n) is 1.70. The number of hydrogen-bond acceptors (Lipinski definition) is 14. The van der Waals surface area contributed by atoms with Gasteiger partial charge < -0.3 is 70.6 Å². The first-order chi connectivity index (χ1) is 7.27. The normalized spacial score (nSPS) is 5.22. The van der Waals surface area contributed by atoms with Gasteiger partial charge in [-0.3, -0.25) is 5.10 Å². The van der Waals surface area contributed by atoms with Crippen LogP contribution in [0.5, 0.6) is 0 Å². The number of nitrogens with one attached hydrogen (secondary N) is 1. The van der Waals surface area contributed by atoms with Crippen molar-refractivity contribution in [2.75, 3.05) is 0 Å². The minimum atomic E-state index is -1.75. The molecule has 14 N–H and O–H groups in total. The van der Waals surface area contributed by atoms with Crippen LogP contribution in [0.2, 0.25) is 0 Å². The fourth-order valence-electron chi connectivity index (χ4n) is 0.370. The zero-order chi connectivity index (χ0) is 13.1. The average molecular weight is 710 g/mol. The molecule has 0 amide bonds. The SMILES string of the molecule is N.N.N.N.O=C([O-])c1ccn[nH]1.O=[N+]([O-])[O-].O=[N+]([O-])[O-].[OH-].[Pt+2].[Pt+2]. The van der Waals surface area contributed by atoms with Crippen molar-refractivity contribution in [1.29, 1.82) is 0 Å². The molecule has 19 heteroatoms. The Bertz CT molecular complexity index is 331. The van der Waals surface area contributed by atoms with Crippen LogP contribution < -0.4 is 29.7 Å². The minimum Gasteiger partial charge on any atom is -0.870 e. The molecule has 146 valence electrons. The van der Waals surface area contributed by atoms with Gasteiger partial charge in [-0.05, 0) is 6.07 Å². The van der Waals surface area contributed by atoms with Gasteiger partial charge in [-0.25, -0.2) is 0 Å². The van der Waals surface area contributed by atoms with Gasteiger partial charge in [0.2, 0.25) is 0 Å². The van der Waals surface area contributed by atoms with Crippen molar-refractivity contribution in [2.45, 2.75) is 0 Å². The molecular formula is C4H16N8O9Pt2. The average Bonchev–Trinajstić information content (AvgIpc) is 2.52. The van der Waals surface area contributed by atoms with E-state index < -0.39 is 16.1 Å². The predicted molar refractivity (Wildman–Crippen MR) is 65.7 cm³/mol. The first-order valence-electron chi connectivity index (χ1n) is 3.11. The van der Waals surface area contributed by atoms with Crippen molar-refractivity contribution in [1.82, 2.24) is 34.8 Å². The fraction of sp³-hybridized carbons (Fsp3) is 0. The van der Waals surface area contributed by atoms with Crippen LogP contribution in [-0.2, 0) is 42.1 Å². The summed E-state index contributed by atoms with van der Waals surface area (Å²) in [7, 11) is 0. The summed E-state index contributed by atoms with van der Waals surface area (Å²) in [5.41, 5.74) is 0.00463. The number of aromatic amines is 1. The van der Waals surface area contributed by atoms with Crippen LogP contribution in [0.4, 0.5) is 0 Å². The van der Waals surface area contributed by atoms with Crippen molar-refractivity contribution in [2.24, 2.45) is 0 Å². The molecule has 0 spiro atoms. The molecule has 0 radical (unpaired) electrons. The summed E-state index contributed by atoms with van der Waals surface area (Å²) in [6.07, 6.45) is 1.35. The number of carbonyl (C=O) groups is 1. The molecule has 17 nitrogen and oxygen atoms in total. The van der Waals surface area contributed by atoms with Gasteiger partial charge >= 0.3 is 42.1 Å². The van der Waals surface area contributed by atoms with Crippen LogP contribution >= 0.6 is 0 Å². The molecule has 23 heavy (non-hydrogen) atoms. The van der Waals surface area contributed by atoms with E-state index >= 15 is 0 Å². The smallest absolute Gasteiger partial charge is 0.870 e. The molecule has 0 saturated heterocycles. The molecule has 0 atom stereocenters. The van der Waals surface area contributed by atoms with Crippen molar-refractivity contribution >= 4 is 5.97 Å². The number of carboxylic acid groups (broad SMARTS) is 1. The van der Waals surface area contributed by atoms with Gasteiger partial charge in [0.25, 0.3) is 0 Å². The largest absolute Gasteiger partial charge is 2.00 e. The first-order valence-corrected chi connectivity index (χ1v) is 3.11. The van der Waals surface area contributed by atoms with Crippen LogP contribution in [0.25, 0.3) is 0 Å². The molecule has 1 rings (SSSR count). The number of nitrogens with zero attached hydrogens (tertiary/aromatic N) is 3. The standard InChI is InChI=1S/C4H4N2O2.2NO3.4H3N.H2O.2Pt/c7-4(8)3-1-2-5-6-3;2*2-1(3)4;;;;;;;/h1-2H,(H,5,6)(H,7,8);;;4*1H3;1H2;;/q;2*-1;;;;;;2*+2/p-2. The zero-order valence-electron chi connectivity index (χ0n) is 11.2. The van der Waals surface area contributed by atoms with Gasteiger partial charge in [0.15, 0.2) is 0 Å². The van der Waals surface area contributed by atoms with Gasteiger partial charge in [-0.1, -0.05) is 0 Å². The van der Waals surface area contributed by atoms with E-state index in [1.54, 1.807) is 0 Å². The Morgan fingerprint density at radius 1 is 0.957 bits per heavy atom. The predicted octanol–water partition coefficient (Wildman–Crippen LogP) is -1.24. The van der Waals surface area contributed by atoms with Crippen LogP contribution in [0, 0.1) is 30.6 Å². The first kappa shape index (κ1) is 58.1. The maximum absolute atomic E-state index is 9.88. The van der Waals surface area contributed by atoms with Crippen molar-refractivity contribution in [3.63, 3.8) is 0 Å². The number of aromatic nitrogens is 2. The van der Waals surface area contributed by atoms with E-state index in [9.17, 15) is 9.90 Å². The van der Waals surface area contributed by atoms with Crippen molar-refractivity contribution in [3.05, 3.63) is 48.6 Å². The number of hydrogen-bond donors (Lipinski definition) is 5. The third kappa shape index (κ3) is 78.8. The molecule has 0 saturated carbocycles. The summed E-state index contributed by atoms with van der Waals surface area (Å²) in [5, 5.41) is 45.0. The number of carboxylic acids is 1. The third-order valence-corrected chi connectivity index (χ3v) is 0.721. The molecule has 0 aliphatic rings. The van der Waals surface area contributed by atoms with E-state index in [0.717, 1.165) is 0 Å². The molecule has 1 aromatic rings. The Balaban J connectivity index is -0.0000000170. The van der Waals surface area contributed by atoms with E-state index in [-0.39, 0.29) is 77.9 Å². The Labute approximate surface area is 157 Å². The number of rotatable bonds is 1. The second kappa shape index (κ2) is 37.0. The molecule has 0 aromatic carbocycles. The monoisotopic (exact) mass is 710 g/mol. The maximum atomic E-state index is 9.88. The summed E-state index contributed by atoms with van der Waals surface area (Å²) in [4.78, 5) is 26.4. The maximum Gasteiger partial charge on any atom is 2.00 e. The Kier molecular flexibility index (Phi) is 93.3. The van der Waals surface area contributed by atoms with E-state index in [0.29, 0.717) is 0 Å². The molecule has 0 aliphatic heterocycles. The Hall–Kier alpha value is -1.74. The molecular weight excluding hydrogens is 694 g/mol. The summed E-state index contributed by atoms with van der Waals surface area (Å²) >= 11 is 0. The van der Waals surface area contributed by atoms with Crippen molar-refractivity contribution < 1.29 is 67.7 Å². The van der Waals surface area contributed by atoms with Gasteiger partial charge in [0.1, 0.15) is 0 Å². The Morgan fingerprint density at radius 3 is 1.30 bits per heavy atom. The van der Waals surface area contributed by atoms with Crippen LogP contribution in [0.3, 0.4) is 0 Å². The molecule has 0 bridgehead atoms. The van der Waals surface area contributed by atoms with Crippen LogP contribution in [0.15, 0.2) is 12.3 Å². The molecule has 0 aliphatic carbocycles. The second-order valence-corrected chi connectivity index (χ2v) is 1.70. The molecule has 1 heterocycles. The fourth-order valence-corrected chi connectivity index (χ4v) is 0.370. The van der Waals surface area contributed by atoms with Gasteiger partial charge in [-0.2, -0.15) is 5.10 Å². The van der Waals surface area contributed by atoms with Crippen molar-refractivity contribution in [3.8, 4) is 0 Å². The number of H-pyrrole nitrogens is 1. The minimum absolute atomic E-state index is 0. The third-order valence-electron chi connectivity index (χ3n) is 0.721. The Morgan fingerprint density at radius 2 is 1.22 bits per heavy atom. The zero-order valence-corrected chi connectivity index (χ0v) is 15.7. The van der Waals surface area contributed by atoms with E-state index in [4.69, 9.17) is 30.6 Å². The quantitative estimate of drug-likeness (QED) is 0.168. The summed E-state index contributed by atoms with van der Waals surface area (Å²) < 4.78 is 0. The number of carbonyl (C=O) groups excluding carboxylic acids is 1. The van der Waals surface area contributed by atoms with E-state index in [1.165, 1.54) is 12.3 Å². The van der Waals surface area contributed by atoms with Crippen LogP contribution in [-0.4, -0.2) is 31.8 Å². The molecule has 0 fully saturated rings. The van der Waals surface area contributed by atoms with E-state index in [1.807, 2.05) is 0 Å². The topological polar surface area (TPSA) is 371 Å². The van der Waals surface area contributed by atoms with Crippen LogP contribution in [0.1, 0.15) is 10.5 Å².